The van der Waals surface area contributed by atoms with Gasteiger partial charge in [-0.15, -0.1) is 0 Å². The van der Waals surface area contributed by atoms with E-state index in [9.17, 15) is 0 Å². The van der Waals surface area contributed by atoms with Crippen molar-refractivity contribution >= 4 is 5.90 Å². The van der Waals surface area contributed by atoms with Crippen LogP contribution in [0.15, 0.2) is 17.1 Å². The Morgan fingerprint density at radius 1 is 0.815 bits per heavy atom. The molecule has 1 atom stereocenters. The van der Waals surface area contributed by atoms with Crippen LogP contribution in [0.2, 0.25) is 0 Å². The summed E-state index contributed by atoms with van der Waals surface area (Å²) in [4.78, 5) is 4.60. The van der Waals surface area contributed by atoms with Gasteiger partial charge in [0, 0.05) is 13.0 Å². The molecule has 1 aliphatic heterocycles. The predicted octanol–water partition coefficient (Wildman–Crippen LogP) is 6.98. The number of rotatable bonds is 19. The van der Waals surface area contributed by atoms with E-state index in [1.165, 1.54) is 89.9 Å². The Morgan fingerprint density at radius 3 is 1.85 bits per heavy atom. The molecule has 1 N–H and O–H groups in total. The van der Waals surface area contributed by atoms with E-state index in [0.717, 1.165) is 31.8 Å². The largest absolute Gasteiger partial charge is 0.479 e. The molecule has 0 fully saturated rings. The molecule has 0 radical (unpaired) electrons. The highest BCUT2D eigenvalue weighted by atomic mass is 16.5. The molecule has 0 aromatic heterocycles. The lowest BCUT2D eigenvalue weighted by Crippen LogP contribution is -2.03. The molecule has 0 saturated carbocycles. The second-order valence-corrected chi connectivity index (χ2v) is 8.01. The maximum Gasteiger partial charge on any atom is 0.183 e. The van der Waals surface area contributed by atoms with Crippen molar-refractivity contribution in [3.8, 4) is 0 Å². The van der Waals surface area contributed by atoms with Crippen LogP contribution in [0.1, 0.15) is 116 Å². The second kappa shape index (κ2) is 18.5. The molecule has 3 heteroatoms. The third-order valence-corrected chi connectivity index (χ3v) is 5.45. The van der Waals surface area contributed by atoms with E-state index in [-0.39, 0.29) is 0 Å². The van der Waals surface area contributed by atoms with Crippen molar-refractivity contribution in [2.75, 3.05) is 13.2 Å². The zero-order valence-corrected chi connectivity index (χ0v) is 18.0. The molecule has 3 nitrogen and oxygen atoms in total. The fourth-order valence-corrected chi connectivity index (χ4v) is 3.56. The summed E-state index contributed by atoms with van der Waals surface area (Å²) in [5.74, 6) is 1.01. The third-order valence-electron chi connectivity index (χ3n) is 5.45. The Bertz CT molecular complexity index is 379. The highest BCUT2D eigenvalue weighted by Crippen LogP contribution is 2.14. The van der Waals surface area contributed by atoms with Gasteiger partial charge in [-0.3, -0.25) is 0 Å². The molecule has 0 aliphatic carbocycles. The van der Waals surface area contributed by atoms with Crippen LogP contribution in [0.5, 0.6) is 0 Å². The van der Waals surface area contributed by atoms with E-state index < -0.39 is 0 Å². The van der Waals surface area contributed by atoms with Crippen molar-refractivity contribution in [1.82, 2.24) is 0 Å². The number of unbranched alkanes of at least 4 members (excludes halogenated alkanes) is 13. The number of allylic oxidation sites excluding steroid dienone is 2. The standard InChI is InChI=1S/C24H45NO2/c1-2-23-22-27-24(25-23)20-18-16-14-12-10-8-6-4-3-5-7-9-11-13-15-17-19-21-26/h3-4,23,26H,2,5-22H2,1H3/b4-3-. The summed E-state index contributed by atoms with van der Waals surface area (Å²) in [6.07, 6.45) is 26.3. The Balaban J connectivity index is 1.74. The summed E-state index contributed by atoms with van der Waals surface area (Å²) in [5, 5.41) is 8.73. The van der Waals surface area contributed by atoms with E-state index in [1.54, 1.807) is 0 Å². The third kappa shape index (κ3) is 14.8. The van der Waals surface area contributed by atoms with Crippen LogP contribution < -0.4 is 0 Å². The van der Waals surface area contributed by atoms with E-state index in [1.807, 2.05) is 0 Å². The first kappa shape index (κ1) is 24.2. The van der Waals surface area contributed by atoms with Crippen molar-refractivity contribution in [3.05, 3.63) is 12.2 Å². The number of hydrogen-bond donors (Lipinski definition) is 1. The molecule has 0 spiro atoms. The molecule has 0 bridgehead atoms. The first-order chi connectivity index (χ1) is 13.4. The molecule has 27 heavy (non-hydrogen) atoms. The van der Waals surface area contributed by atoms with Gasteiger partial charge in [-0.2, -0.15) is 0 Å². The van der Waals surface area contributed by atoms with Gasteiger partial charge in [0.2, 0.25) is 0 Å². The number of hydrogen-bond acceptors (Lipinski definition) is 3. The Labute approximate surface area is 168 Å². The fraction of sp³-hybridized carbons (Fsp3) is 0.875. The average Bonchev–Trinajstić information content (AvgIpc) is 3.15. The van der Waals surface area contributed by atoms with Gasteiger partial charge in [0.15, 0.2) is 5.90 Å². The minimum atomic E-state index is 0.357. The Hall–Kier alpha value is -0.830. The minimum Gasteiger partial charge on any atom is -0.479 e. The SMILES string of the molecule is CCC1COC(CCCCCCCC/C=C\CCCCCCCCCO)=N1. The van der Waals surface area contributed by atoms with Gasteiger partial charge in [-0.1, -0.05) is 76.9 Å². The molecule has 158 valence electrons. The molecule has 0 saturated heterocycles. The van der Waals surface area contributed by atoms with Gasteiger partial charge >= 0.3 is 0 Å². The number of aliphatic hydroxyl groups excluding tert-OH is 1. The highest BCUT2D eigenvalue weighted by Gasteiger charge is 2.15. The van der Waals surface area contributed by atoms with Gasteiger partial charge in [-0.05, 0) is 44.9 Å². The monoisotopic (exact) mass is 379 g/mol. The van der Waals surface area contributed by atoms with Gasteiger partial charge in [0.25, 0.3) is 0 Å². The van der Waals surface area contributed by atoms with Crippen LogP contribution in [0, 0.1) is 0 Å². The van der Waals surface area contributed by atoms with Crippen molar-refractivity contribution in [1.29, 1.82) is 0 Å². The van der Waals surface area contributed by atoms with E-state index >= 15 is 0 Å². The van der Waals surface area contributed by atoms with E-state index in [2.05, 4.69) is 24.1 Å². The number of aliphatic imine (C=N–C) groups is 1. The summed E-state index contributed by atoms with van der Waals surface area (Å²) in [6.45, 7) is 3.35. The topological polar surface area (TPSA) is 41.8 Å². The number of ether oxygens (including phenoxy) is 1. The lowest BCUT2D eigenvalue weighted by molar-refractivity contribution is 0.282. The molecule has 1 unspecified atom stereocenters. The number of aliphatic hydroxyl groups is 1. The van der Waals surface area contributed by atoms with Gasteiger partial charge in [0.1, 0.15) is 6.61 Å². The molecule has 1 heterocycles. The molecule has 0 amide bonds. The maximum absolute atomic E-state index is 8.73. The molecule has 1 rings (SSSR count). The summed E-state index contributed by atoms with van der Waals surface area (Å²) in [7, 11) is 0. The van der Waals surface area contributed by atoms with Crippen LogP contribution in [0.4, 0.5) is 0 Å². The molecule has 1 aliphatic rings. The first-order valence-corrected chi connectivity index (χ1v) is 11.8. The Kier molecular flexibility index (Phi) is 16.6. The van der Waals surface area contributed by atoms with Crippen LogP contribution in [0.3, 0.4) is 0 Å². The summed E-state index contributed by atoms with van der Waals surface area (Å²) in [6, 6.07) is 0.426. The summed E-state index contributed by atoms with van der Waals surface area (Å²) < 4.78 is 5.62. The lowest BCUT2D eigenvalue weighted by Gasteiger charge is -2.02. The van der Waals surface area contributed by atoms with E-state index in [0.29, 0.717) is 12.6 Å². The number of nitrogens with zero attached hydrogens (tertiary/aromatic N) is 1. The molecular weight excluding hydrogens is 334 g/mol. The first-order valence-electron chi connectivity index (χ1n) is 11.8. The van der Waals surface area contributed by atoms with Gasteiger partial charge in [0.05, 0.1) is 6.04 Å². The van der Waals surface area contributed by atoms with Crippen molar-refractivity contribution < 1.29 is 9.84 Å². The molecule has 0 aromatic carbocycles. The van der Waals surface area contributed by atoms with Crippen LogP contribution in [0.25, 0.3) is 0 Å². The molecular formula is C24H45NO2. The summed E-state index contributed by atoms with van der Waals surface area (Å²) >= 11 is 0. The predicted molar refractivity (Wildman–Crippen MR) is 118 cm³/mol. The molecule has 0 aromatic rings. The quantitative estimate of drug-likeness (QED) is 0.194. The fourth-order valence-electron chi connectivity index (χ4n) is 3.56. The lowest BCUT2D eigenvalue weighted by atomic mass is 10.1. The average molecular weight is 380 g/mol. The smallest absolute Gasteiger partial charge is 0.183 e. The zero-order chi connectivity index (χ0) is 19.4. The highest BCUT2D eigenvalue weighted by molar-refractivity contribution is 5.77. The van der Waals surface area contributed by atoms with Crippen LogP contribution >= 0.6 is 0 Å². The van der Waals surface area contributed by atoms with Crippen molar-refractivity contribution in [2.24, 2.45) is 4.99 Å². The minimum absolute atomic E-state index is 0.357. The van der Waals surface area contributed by atoms with Crippen LogP contribution in [-0.2, 0) is 4.74 Å². The zero-order valence-electron chi connectivity index (χ0n) is 18.0. The van der Waals surface area contributed by atoms with Gasteiger partial charge < -0.3 is 9.84 Å². The van der Waals surface area contributed by atoms with Crippen molar-refractivity contribution in [2.45, 2.75) is 122 Å². The van der Waals surface area contributed by atoms with Gasteiger partial charge in [-0.25, -0.2) is 4.99 Å². The van der Waals surface area contributed by atoms with E-state index in [4.69, 9.17) is 9.84 Å². The summed E-state index contributed by atoms with van der Waals surface area (Å²) in [5.41, 5.74) is 0. The Morgan fingerprint density at radius 2 is 1.33 bits per heavy atom. The van der Waals surface area contributed by atoms with Crippen LogP contribution in [-0.4, -0.2) is 30.3 Å². The maximum atomic E-state index is 8.73. The second-order valence-electron chi connectivity index (χ2n) is 8.01. The normalized spacial score (nSPS) is 16.8. The van der Waals surface area contributed by atoms with Crippen molar-refractivity contribution in [3.63, 3.8) is 0 Å².